The minimum absolute atomic E-state index is 0.0454. The van der Waals surface area contributed by atoms with E-state index < -0.39 is 5.97 Å². The Kier molecular flexibility index (Phi) is 3.76. The van der Waals surface area contributed by atoms with E-state index in [-0.39, 0.29) is 18.6 Å². The second kappa shape index (κ2) is 5.29. The molecule has 4 nitrogen and oxygen atoms in total. The van der Waals surface area contributed by atoms with Crippen LogP contribution in [0.2, 0.25) is 0 Å². The second-order valence-corrected chi connectivity index (χ2v) is 4.50. The SMILES string of the molecule is NC1CC(OCc2ccccc2CC(=O)O)C1. The quantitative estimate of drug-likeness (QED) is 0.807. The van der Waals surface area contributed by atoms with Gasteiger partial charge in [-0.2, -0.15) is 0 Å². The largest absolute Gasteiger partial charge is 0.481 e. The van der Waals surface area contributed by atoms with Crippen molar-refractivity contribution in [2.45, 2.75) is 38.0 Å². The molecular weight excluding hydrogens is 218 g/mol. The van der Waals surface area contributed by atoms with Gasteiger partial charge in [-0.3, -0.25) is 4.79 Å². The van der Waals surface area contributed by atoms with Crippen molar-refractivity contribution in [1.29, 1.82) is 0 Å². The Labute approximate surface area is 100 Å². The molecule has 0 spiro atoms. The van der Waals surface area contributed by atoms with Crippen molar-refractivity contribution in [3.63, 3.8) is 0 Å². The summed E-state index contributed by atoms with van der Waals surface area (Å²) in [7, 11) is 0. The molecule has 0 aromatic heterocycles. The van der Waals surface area contributed by atoms with Gasteiger partial charge in [0.1, 0.15) is 0 Å². The molecular formula is C13H17NO3. The van der Waals surface area contributed by atoms with Gasteiger partial charge in [0.2, 0.25) is 0 Å². The van der Waals surface area contributed by atoms with Crippen molar-refractivity contribution in [3.05, 3.63) is 35.4 Å². The molecule has 0 amide bonds. The van der Waals surface area contributed by atoms with E-state index in [1.807, 2.05) is 24.3 Å². The number of carbonyl (C=O) groups is 1. The first kappa shape index (κ1) is 12.1. The van der Waals surface area contributed by atoms with E-state index in [2.05, 4.69) is 0 Å². The first-order chi connectivity index (χ1) is 8.15. The first-order valence-corrected chi connectivity index (χ1v) is 5.81. The number of carboxylic acid groups (broad SMARTS) is 1. The maximum Gasteiger partial charge on any atom is 0.307 e. The summed E-state index contributed by atoms with van der Waals surface area (Å²) in [6.45, 7) is 0.473. The number of hydrogen-bond donors (Lipinski definition) is 2. The lowest BCUT2D eigenvalue weighted by Crippen LogP contribution is -2.41. The van der Waals surface area contributed by atoms with Crippen LogP contribution in [0.5, 0.6) is 0 Å². The molecule has 0 aliphatic heterocycles. The van der Waals surface area contributed by atoms with Gasteiger partial charge in [-0.05, 0) is 24.0 Å². The topological polar surface area (TPSA) is 72.5 Å². The predicted molar refractivity (Wildman–Crippen MR) is 63.6 cm³/mol. The lowest BCUT2D eigenvalue weighted by atomic mass is 9.90. The highest BCUT2D eigenvalue weighted by Gasteiger charge is 2.26. The Hall–Kier alpha value is -1.39. The van der Waals surface area contributed by atoms with Gasteiger partial charge in [-0.1, -0.05) is 24.3 Å². The fourth-order valence-electron chi connectivity index (χ4n) is 1.98. The minimum atomic E-state index is -0.817. The van der Waals surface area contributed by atoms with E-state index in [1.54, 1.807) is 0 Å². The van der Waals surface area contributed by atoms with Gasteiger partial charge in [0.05, 0.1) is 19.1 Å². The fraction of sp³-hybridized carbons (Fsp3) is 0.462. The Bertz CT molecular complexity index is 399. The number of hydrogen-bond acceptors (Lipinski definition) is 3. The van der Waals surface area contributed by atoms with Gasteiger partial charge in [-0.15, -0.1) is 0 Å². The summed E-state index contributed by atoms with van der Waals surface area (Å²) in [6, 6.07) is 7.77. The molecule has 0 bridgehead atoms. The molecule has 1 aliphatic carbocycles. The van der Waals surface area contributed by atoms with Crippen LogP contribution in [0, 0.1) is 0 Å². The number of nitrogens with two attached hydrogens (primary N) is 1. The van der Waals surface area contributed by atoms with Crippen LogP contribution >= 0.6 is 0 Å². The van der Waals surface area contributed by atoms with Crippen molar-refractivity contribution in [2.75, 3.05) is 0 Å². The zero-order valence-electron chi connectivity index (χ0n) is 9.63. The molecule has 3 N–H and O–H groups in total. The standard InChI is InChI=1S/C13H17NO3/c14-11-6-12(7-11)17-8-10-4-2-1-3-9(10)5-13(15)16/h1-4,11-12H,5-8,14H2,(H,15,16). The van der Waals surface area contributed by atoms with Gasteiger partial charge in [0.25, 0.3) is 0 Å². The highest BCUT2D eigenvalue weighted by molar-refractivity contribution is 5.70. The monoisotopic (exact) mass is 235 g/mol. The summed E-state index contributed by atoms with van der Waals surface area (Å²) in [5.74, 6) is -0.817. The molecule has 0 saturated heterocycles. The molecule has 92 valence electrons. The van der Waals surface area contributed by atoms with Crippen molar-refractivity contribution >= 4 is 5.97 Å². The summed E-state index contributed by atoms with van der Waals surface area (Å²) in [4.78, 5) is 10.7. The average molecular weight is 235 g/mol. The zero-order valence-corrected chi connectivity index (χ0v) is 9.63. The third-order valence-corrected chi connectivity index (χ3v) is 3.07. The third kappa shape index (κ3) is 3.28. The average Bonchev–Trinajstić information content (AvgIpc) is 2.24. The summed E-state index contributed by atoms with van der Waals surface area (Å²) >= 11 is 0. The van der Waals surface area contributed by atoms with Gasteiger partial charge < -0.3 is 15.6 Å². The lowest BCUT2D eigenvalue weighted by Gasteiger charge is -2.32. The number of aliphatic carboxylic acids is 1. The van der Waals surface area contributed by atoms with Crippen LogP contribution in [0.15, 0.2) is 24.3 Å². The van der Waals surface area contributed by atoms with E-state index >= 15 is 0 Å². The number of carboxylic acids is 1. The Morgan fingerprint density at radius 2 is 2.00 bits per heavy atom. The summed E-state index contributed by atoms with van der Waals surface area (Å²) in [6.07, 6.45) is 2.09. The van der Waals surface area contributed by atoms with Crippen LogP contribution in [-0.2, 0) is 22.6 Å². The number of rotatable bonds is 5. The predicted octanol–water partition coefficient (Wildman–Crippen LogP) is 1.32. The van der Waals surface area contributed by atoms with Crippen molar-refractivity contribution in [3.8, 4) is 0 Å². The van der Waals surface area contributed by atoms with E-state index in [4.69, 9.17) is 15.6 Å². The van der Waals surface area contributed by atoms with E-state index in [9.17, 15) is 4.79 Å². The van der Waals surface area contributed by atoms with Gasteiger partial charge >= 0.3 is 5.97 Å². The zero-order chi connectivity index (χ0) is 12.3. The van der Waals surface area contributed by atoms with Crippen molar-refractivity contribution in [1.82, 2.24) is 0 Å². The molecule has 0 unspecified atom stereocenters. The summed E-state index contributed by atoms with van der Waals surface area (Å²) in [5.41, 5.74) is 7.45. The highest BCUT2D eigenvalue weighted by Crippen LogP contribution is 2.23. The summed E-state index contributed by atoms with van der Waals surface area (Å²) < 4.78 is 5.68. The third-order valence-electron chi connectivity index (χ3n) is 3.07. The maximum atomic E-state index is 10.7. The van der Waals surface area contributed by atoms with Crippen LogP contribution in [0.1, 0.15) is 24.0 Å². The van der Waals surface area contributed by atoms with Crippen LogP contribution in [0.25, 0.3) is 0 Å². The molecule has 1 aromatic rings. The van der Waals surface area contributed by atoms with Crippen molar-refractivity contribution < 1.29 is 14.6 Å². The molecule has 2 rings (SSSR count). The minimum Gasteiger partial charge on any atom is -0.481 e. The van der Waals surface area contributed by atoms with E-state index in [0.29, 0.717) is 6.61 Å². The fourth-order valence-corrected chi connectivity index (χ4v) is 1.98. The first-order valence-electron chi connectivity index (χ1n) is 5.81. The maximum absolute atomic E-state index is 10.7. The molecule has 0 atom stereocenters. The Balaban J connectivity index is 1.92. The molecule has 1 aliphatic rings. The molecule has 1 fully saturated rings. The van der Waals surface area contributed by atoms with Crippen LogP contribution in [-0.4, -0.2) is 23.2 Å². The van der Waals surface area contributed by atoms with Gasteiger partial charge in [-0.25, -0.2) is 0 Å². The van der Waals surface area contributed by atoms with Gasteiger partial charge in [0.15, 0.2) is 0 Å². The molecule has 0 heterocycles. The van der Waals surface area contributed by atoms with E-state index in [0.717, 1.165) is 24.0 Å². The van der Waals surface area contributed by atoms with Gasteiger partial charge in [0, 0.05) is 6.04 Å². The lowest BCUT2D eigenvalue weighted by molar-refractivity contribution is -0.136. The normalized spacial score (nSPS) is 23.1. The number of benzene rings is 1. The molecule has 1 saturated carbocycles. The Morgan fingerprint density at radius 3 is 2.59 bits per heavy atom. The van der Waals surface area contributed by atoms with Crippen molar-refractivity contribution in [2.24, 2.45) is 5.73 Å². The smallest absolute Gasteiger partial charge is 0.307 e. The molecule has 4 heteroatoms. The molecule has 1 aromatic carbocycles. The highest BCUT2D eigenvalue weighted by atomic mass is 16.5. The van der Waals surface area contributed by atoms with Crippen LogP contribution in [0.4, 0.5) is 0 Å². The Morgan fingerprint density at radius 1 is 1.35 bits per heavy atom. The van der Waals surface area contributed by atoms with Crippen LogP contribution in [0.3, 0.4) is 0 Å². The molecule has 0 radical (unpaired) electrons. The second-order valence-electron chi connectivity index (χ2n) is 4.50. The van der Waals surface area contributed by atoms with E-state index in [1.165, 1.54) is 0 Å². The molecule has 17 heavy (non-hydrogen) atoms. The van der Waals surface area contributed by atoms with Crippen LogP contribution < -0.4 is 5.73 Å². The number of ether oxygens (including phenoxy) is 1. The summed E-state index contributed by atoms with van der Waals surface area (Å²) in [5, 5.41) is 8.80.